The molecule has 1 saturated heterocycles. The van der Waals surface area contributed by atoms with Gasteiger partial charge in [-0.15, -0.1) is 0 Å². The zero-order chi connectivity index (χ0) is 11.6. The van der Waals surface area contributed by atoms with Crippen molar-refractivity contribution < 1.29 is 4.79 Å². The van der Waals surface area contributed by atoms with E-state index in [0.29, 0.717) is 6.54 Å². The van der Waals surface area contributed by atoms with Gasteiger partial charge in [0.05, 0.1) is 0 Å². The van der Waals surface area contributed by atoms with E-state index < -0.39 is 0 Å². The predicted molar refractivity (Wildman–Crippen MR) is 60.9 cm³/mol. The number of hydrogen-bond donors (Lipinski definition) is 0. The molecule has 0 aliphatic carbocycles. The molecule has 0 spiro atoms. The van der Waals surface area contributed by atoms with Crippen LogP contribution in [0, 0.1) is 59.3 Å². The van der Waals surface area contributed by atoms with Crippen molar-refractivity contribution in [2.24, 2.45) is 0 Å². The van der Waals surface area contributed by atoms with Gasteiger partial charge in [-0.25, -0.2) is 0 Å². The summed E-state index contributed by atoms with van der Waals surface area (Å²) < 4.78 is 0. The Kier molecular flexibility index (Phi) is 4.74. The fraction of sp³-hybridized carbons (Fsp3) is 0.214. The highest BCUT2D eigenvalue weighted by atomic mass is 16.2. The van der Waals surface area contributed by atoms with E-state index in [1.165, 1.54) is 4.90 Å². The van der Waals surface area contributed by atoms with Crippen LogP contribution in [-0.4, -0.2) is 17.4 Å². The fourth-order valence-corrected chi connectivity index (χ4v) is 0.617. The van der Waals surface area contributed by atoms with Crippen LogP contribution in [0.25, 0.3) is 0 Å². The third-order valence-corrected chi connectivity index (χ3v) is 1.38. The molecular weight excluding hydrogens is 198 g/mol. The number of carbonyl (C=O) groups is 1. The minimum Gasteiger partial charge on any atom is -0.272 e. The SMILES string of the molecule is CCC#CC#CC#CC#CC#CN1CC1=O. The van der Waals surface area contributed by atoms with Crippen LogP contribution in [0.3, 0.4) is 0 Å². The minimum atomic E-state index is 0.0285. The molecule has 0 bridgehead atoms. The van der Waals surface area contributed by atoms with Crippen LogP contribution in [0.5, 0.6) is 0 Å². The Labute approximate surface area is 95.4 Å². The van der Waals surface area contributed by atoms with Crippen LogP contribution in [0.1, 0.15) is 13.3 Å². The van der Waals surface area contributed by atoms with E-state index in [4.69, 9.17) is 0 Å². The summed E-state index contributed by atoms with van der Waals surface area (Å²) in [6, 6.07) is 2.56. The lowest BCUT2D eigenvalue weighted by atomic mass is 10.4. The average Bonchev–Trinajstić information content (AvgIpc) is 2.97. The average molecular weight is 205 g/mol. The third-order valence-electron chi connectivity index (χ3n) is 1.38. The van der Waals surface area contributed by atoms with E-state index in [-0.39, 0.29) is 5.91 Å². The summed E-state index contributed by atoms with van der Waals surface area (Å²) in [6.45, 7) is 2.35. The first-order chi connectivity index (χ1) is 7.84. The van der Waals surface area contributed by atoms with Gasteiger partial charge in [0, 0.05) is 36.1 Å². The molecule has 0 atom stereocenters. The van der Waals surface area contributed by atoms with Crippen molar-refractivity contribution >= 4 is 5.91 Å². The Morgan fingerprint density at radius 1 is 1.00 bits per heavy atom. The predicted octanol–water partition coefficient (Wildman–Crippen LogP) is 0.213. The van der Waals surface area contributed by atoms with Gasteiger partial charge in [0.1, 0.15) is 6.54 Å². The van der Waals surface area contributed by atoms with E-state index in [1.54, 1.807) is 0 Å². The number of carbonyl (C=O) groups excluding carboxylic acids is 1. The monoisotopic (exact) mass is 205 g/mol. The summed E-state index contributed by atoms with van der Waals surface area (Å²) in [7, 11) is 0. The first-order valence-electron chi connectivity index (χ1n) is 4.63. The largest absolute Gasteiger partial charge is 0.272 e. The van der Waals surface area contributed by atoms with Crippen LogP contribution in [-0.2, 0) is 4.79 Å². The van der Waals surface area contributed by atoms with Crippen molar-refractivity contribution in [1.29, 1.82) is 0 Å². The van der Waals surface area contributed by atoms with Crippen molar-refractivity contribution in [1.82, 2.24) is 4.90 Å². The van der Waals surface area contributed by atoms with Gasteiger partial charge in [0.25, 0.3) is 5.91 Å². The highest BCUT2D eigenvalue weighted by molar-refractivity contribution is 5.94. The summed E-state index contributed by atoms with van der Waals surface area (Å²) in [5, 5.41) is 0. The highest BCUT2D eigenvalue weighted by Crippen LogP contribution is 2.01. The highest BCUT2D eigenvalue weighted by Gasteiger charge is 2.27. The topological polar surface area (TPSA) is 20.1 Å². The number of hydrogen-bond acceptors (Lipinski definition) is 1. The quantitative estimate of drug-likeness (QED) is 0.409. The zero-order valence-electron chi connectivity index (χ0n) is 8.77. The molecule has 0 radical (unpaired) electrons. The number of amides is 1. The van der Waals surface area contributed by atoms with Crippen molar-refractivity contribution in [2.45, 2.75) is 13.3 Å². The molecule has 2 nitrogen and oxygen atoms in total. The first-order valence-corrected chi connectivity index (χ1v) is 4.63. The van der Waals surface area contributed by atoms with Crippen molar-refractivity contribution in [3.05, 3.63) is 0 Å². The fourth-order valence-electron chi connectivity index (χ4n) is 0.617. The minimum absolute atomic E-state index is 0.0285. The van der Waals surface area contributed by atoms with Gasteiger partial charge in [-0.05, 0) is 23.7 Å². The lowest BCUT2D eigenvalue weighted by molar-refractivity contribution is -0.112. The molecule has 0 saturated carbocycles. The van der Waals surface area contributed by atoms with Crippen LogP contribution >= 0.6 is 0 Å². The van der Waals surface area contributed by atoms with Gasteiger partial charge in [0.15, 0.2) is 0 Å². The number of rotatable bonds is 0. The molecule has 0 unspecified atom stereocenters. The van der Waals surface area contributed by atoms with Crippen molar-refractivity contribution in [3.8, 4) is 59.3 Å². The van der Waals surface area contributed by atoms with Gasteiger partial charge in [0.2, 0.25) is 0 Å². The molecule has 0 aromatic carbocycles. The lowest BCUT2D eigenvalue weighted by Gasteiger charge is -1.71. The van der Waals surface area contributed by atoms with Crippen molar-refractivity contribution in [2.75, 3.05) is 6.54 Å². The molecule has 1 amide bonds. The molecule has 16 heavy (non-hydrogen) atoms. The molecule has 0 aromatic heterocycles. The van der Waals surface area contributed by atoms with E-state index in [2.05, 4.69) is 59.3 Å². The molecule has 74 valence electrons. The summed E-state index contributed by atoms with van der Waals surface area (Å²) in [6.07, 6.45) is 0.784. The number of nitrogens with zero attached hydrogens (tertiary/aromatic N) is 1. The zero-order valence-corrected chi connectivity index (χ0v) is 8.77. The third kappa shape index (κ3) is 5.10. The van der Waals surface area contributed by atoms with Gasteiger partial charge < -0.3 is 0 Å². The Morgan fingerprint density at radius 2 is 1.50 bits per heavy atom. The Balaban J connectivity index is 2.35. The Hall–Kier alpha value is -2.73. The Morgan fingerprint density at radius 3 is 2.00 bits per heavy atom. The van der Waals surface area contributed by atoms with E-state index in [9.17, 15) is 4.79 Å². The molecule has 1 rings (SSSR count). The molecule has 0 aromatic rings. The van der Waals surface area contributed by atoms with Gasteiger partial charge in [-0.1, -0.05) is 12.8 Å². The summed E-state index contributed by atoms with van der Waals surface area (Å²) in [4.78, 5) is 11.9. The molecule has 2 heteroatoms. The van der Waals surface area contributed by atoms with E-state index >= 15 is 0 Å². The first kappa shape index (κ1) is 11.3. The molecule has 1 fully saturated rings. The maximum atomic E-state index is 10.5. The molecule has 1 heterocycles. The standard InChI is InChI=1S/C14H7NO/c1-2-3-4-5-6-7-8-9-10-11-12-15-13-14(15)16/h2,13H2,1H3. The van der Waals surface area contributed by atoms with Gasteiger partial charge in [-0.3, -0.25) is 9.69 Å². The van der Waals surface area contributed by atoms with E-state index in [1.807, 2.05) is 6.92 Å². The Bertz CT molecular complexity index is 586. The maximum absolute atomic E-state index is 10.5. The molecular formula is C14H7NO. The molecule has 1 aliphatic rings. The summed E-state index contributed by atoms with van der Waals surface area (Å²) in [5.41, 5.74) is 0. The van der Waals surface area contributed by atoms with Crippen LogP contribution in [0.15, 0.2) is 0 Å². The second-order valence-corrected chi connectivity index (χ2v) is 2.62. The maximum Gasteiger partial charge on any atom is 0.255 e. The summed E-state index contributed by atoms with van der Waals surface area (Å²) in [5.74, 6) is 23.1. The lowest BCUT2D eigenvalue weighted by Crippen LogP contribution is -1.82. The van der Waals surface area contributed by atoms with Crippen LogP contribution < -0.4 is 0 Å². The molecule has 1 aliphatic heterocycles. The van der Waals surface area contributed by atoms with E-state index in [0.717, 1.165) is 6.42 Å². The van der Waals surface area contributed by atoms with Crippen LogP contribution in [0.4, 0.5) is 0 Å². The van der Waals surface area contributed by atoms with Crippen LogP contribution in [0.2, 0.25) is 0 Å². The normalized spacial score (nSPS) is 9.56. The van der Waals surface area contributed by atoms with Crippen molar-refractivity contribution in [3.63, 3.8) is 0 Å². The van der Waals surface area contributed by atoms with Gasteiger partial charge >= 0.3 is 0 Å². The summed E-state index contributed by atoms with van der Waals surface area (Å²) >= 11 is 0. The second-order valence-electron chi connectivity index (χ2n) is 2.62. The second kappa shape index (κ2) is 6.68. The van der Waals surface area contributed by atoms with Gasteiger partial charge in [-0.2, -0.15) is 0 Å². The smallest absolute Gasteiger partial charge is 0.255 e. The molecule has 0 N–H and O–H groups in total.